The molecule has 21 heavy (non-hydrogen) atoms. The van der Waals surface area contributed by atoms with E-state index in [0.717, 1.165) is 25.9 Å². The summed E-state index contributed by atoms with van der Waals surface area (Å²) in [5, 5.41) is 3.51. The zero-order chi connectivity index (χ0) is 14.8. The summed E-state index contributed by atoms with van der Waals surface area (Å²) in [6.07, 6.45) is 2.11. The van der Waals surface area contributed by atoms with Gasteiger partial charge in [0, 0.05) is 10.5 Å². The number of rotatable bonds is 4. The van der Waals surface area contributed by atoms with Crippen molar-refractivity contribution in [2.45, 2.75) is 30.7 Å². The Hall–Kier alpha value is 0.150. The van der Waals surface area contributed by atoms with E-state index < -0.39 is 10.0 Å². The predicted octanol–water partition coefficient (Wildman–Crippen LogP) is 3.19. The van der Waals surface area contributed by atoms with Crippen molar-refractivity contribution in [3.8, 4) is 0 Å². The van der Waals surface area contributed by atoms with E-state index in [-0.39, 0.29) is 28.4 Å². The molecule has 2 unspecified atom stereocenters. The first-order valence-electron chi connectivity index (χ1n) is 6.59. The van der Waals surface area contributed by atoms with Crippen LogP contribution in [0.3, 0.4) is 0 Å². The number of hydrogen-bond acceptors (Lipinski definition) is 3. The number of nitrogens with one attached hydrogen (secondary N) is 2. The average Bonchev–Trinajstić information content (AvgIpc) is 2.42. The van der Waals surface area contributed by atoms with E-state index in [0.29, 0.717) is 10.4 Å². The van der Waals surface area contributed by atoms with Crippen LogP contribution in [0.1, 0.15) is 19.8 Å². The Bertz CT molecular complexity index is 578. The fourth-order valence-electron chi connectivity index (χ4n) is 2.40. The van der Waals surface area contributed by atoms with Gasteiger partial charge in [0.1, 0.15) is 4.90 Å². The van der Waals surface area contributed by atoms with Crippen molar-refractivity contribution < 1.29 is 8.42 Å². The highest BCUT2D eigenvalue weighted by Crippen LogP contribution is 2.29. The van der Waals surface area contributed by atoms with E-state index in [4.69, 9.17) is 11.6 Å². The van der Waals surface area contributed by atoms with E-state index in [9.17, 15) is 8.42 Å². The molecule has 0 aromatic heterocycles. The molecular weight excluding hydrogens is 399 g/mol. The van der Waals surface area contributed by atoms with Crippen LogP contribution in [0, 0.1) is 5.92 Å². The molecule has 120 valence electrons. The fourth-order valence-corrected chi connectivity index (χ4v) is 4.74. The average molecular weight is 418 g/mol. The number of piperidine rings is 1. The van der Waals surface area contributed by atoms with Crippen LogP contribution in [0.4, 0.5) is 0 Å². The second-order valence-electron chi connectivity index (χ2n) is 5.07. The second-order valence-corrected chi connectivity index (χ2v) is 7.98. The van der Waals surface area contributed by atoms with Crippen molar-refractivity contribution in [3.63, 3.8) is 0 Å². The highest BCUT2D eigenvalue weighted by atomic mass is 79.9. The maximum absolute atomic E-state index is 12.4. The Morgan fingerprint density at radius 1 is 1.48 bits per heavy atom. The first-order chi connectivity index (χ1) is 9.42. The van der Waals surface area contributed by atoms with Crippen molar-refractivity contribution >= 4 is 50.0 Å². The van der Waals surface area contributed by atoms with Crippen molar-refractivity contribution in [2.24, 2.45) is 5.92 Å². The minimum Gasteiger partial charge on any atom is -0.316 e. The lowest BCUT2D eigenvalue weighted by Gasteiger charge is -2.28. The van der Waals surface area contributed by atoms with Gasteiger partial charge in [0.05, 0.1) is 5.02 Å². The SMILES string of the molecule is CC(NS(=O)(=O)c1cccc(Br)c1Cl)C1CCCNC1.Cl. The van der Waals surface area contributed by atoms with Gasteiger partial charge < -0.3 is 5.32 Å². The van der Waals surface area contributed by atoms with Gasteiger partial charge in [0.15, 0.2) is 0 Å². The molecule has 8 heteroatoms. The van der Waals surface area contributed by atoms with Gasteiger partial charge >= 0.3 is 0 Å². The summed E-state index contributed by atoms with van der Waals surface area (Å²) in [6, 6.07) is 4.77. The highest BCUT2D eigenvalue weighted by Gasteiger charge is 2.26. The predicted molar refractivity (Wildman–Crippen MR) is 91.8 cm³/mol. The molecule has 1 fully saturated rings. The summed E-state index contributed by atoms with van der Waals surface area (Å²) in [4.78, 5) is 0.115. The van der Waals surface area contributed by atoms with Crippen LogP contribution in [0.5, 0.6) is 0 Å². The Kier molecular flexibility index (Phi) is 7.43. The first kappa shape index (κ1) is 19.2. The second kappa shape index (κ2) is 8.13. The third-order valence-corrected chi connectivity index (χ3v) is 6.60. The first-order valence-corrected chi connectivity index (χ1v) is 9.24. The van der Waals surface area contributed by atoms with Crippen LogP contribution in [0.15, 0.2) is 27.6 Å². The number of sulfonamides is 1. The van der Waals surface area contributed by atoms with Crippen LogP contribution < -0.4 is 10.0 Å². The molecule has 2 rings (SSSR count). The molecule has 1 aliphatic rings. The smallest absolute Gasteiger partial charge is 0.242 e. The standard InChI is InChI=1S/C13H18BrClN2O2S.ClH/c1-9(10-4-3-7-16-8-10)17-20(18,19)12-6-2-5-11(14)13(12)15;/h2,5-6,9-10,16-17H,3-4,7-8H2,1H3;1H. The Labute approximate surface area is 145 Å². The topological polar surface area (TPSA) is 58.2 Å². The van der Waals surface area contributed by atoms with E-state index in [1.165, 1.54) is 6.07 Å². The van der Waals surface area contributed by atoms with Crippen LogP contribution >= 0.6 is 39.9 Å². The molecular formula is C13H19BrCl2N2O2S. The highest BCUT2D eigenvalue weighted by molar-refractivity contribution is 9.10. The lowest BCUT2D eigenvalue weighted by Crippen LogP contribution is -2.44. The summed E-state index contributed by atoms with van der Waals surface area (Å²) < 4.78 is 28.2. The zero-order valence-electron chi connectivity index (χ0n) is 11.6. The lowest BCUT2D eigenvalue weighted by atomic mass is 9.94. The molecule has 4 nitrogen and oxygen atoms in total. The number of benzene rings is 1. The molecule has 0 spiro atoms. The number of hydrogen-bond donors (Lipinski definition) is 2. The molecule has 0 bridgehead atoms. The largest absolute Gasteiger partial charge is 0.316 e. The summed E-state index contributed by atoms with van der Waals surface area (Å²) in [5.74, 6) is 0.310. The summed E-state index contributed by atoms with van der Waals surface area (Å²) in [5.41, 5.74) is 0. The molecule has 1 aromatic rings. The van der Waals surface area contributed by atoms with Crippen molar-refractivity contribution in [2.75, 3.05) is 13.1 Å². The van der Waals surface area contributed by atoms with E-state index in [1.807, 2.05) is 6.92 Å². The van der Waals surface area contributed by atoms with Gasteiger partial charge in [-0.05, 0) is 66.8 Å². The maximum atomic E-state index is 12.4. The summed E-state index contributed by atoms with van der Waals surface area (Å²) >= 11 is 9.32. The van der Waals surface area contributed by atoms with Gasteiger partial charge in [-0.25, -0.2) is 13.1 Å². The van der Waals surface area contributed by atoms with Crippen LogP contribution in [0.2, 0.25) is 5.02 Å². The molecule has 0 radical (unpaired) electrons. The monoisotopic (exact) mass is 416 g/mol. The quantitative estimate of drug-likeness (QED) is 0.790. The molecule has 2 N–H and O–H groups in total. The minimum atomic E-state index is -3.60. The Morgan fingerprint density at radius 2 is 2.19 bits per heavy atom. The normalized spacial score (nSPS) is 20.6. The van der Waals surface area contributed by atoms with Gasteiger partial charge in [0.25, 0.3) is 0 Å². The minimum absolute atomic E-state index is 0. The molecule has 2 atom stereocenters. The molecule has 0 saturated carbocycles. The van der Waals surface area contributed by atoms with Gasteiger partial charge in [-0.1, -0.05) is 17.7 Å². The Morgan fingerprint density at radius 3 is 2.81 bits per heavy atom. The summed E-state index contributed by atoms with van der Waals surface area (Å²) in [6.45, 7) is 3.75. The van der Waals surface area contributed by atoms with Gasteiger partial charge in [-0.3, -0.25) is 0 Å². The maximum Gasteiger partial charge on any atom is 0.242 e. The van der Waals surface area contributed by atoms with Crippen molar-refractivity contribution in [3.05, 3.63) is 27.7 Å². The molecule has 1 saturated heterocycles. The van der Waals surface area contributed by atoms with Crippen molar-refractivity contribution in [1.82, 2.24) is 10.0 Å². The van der Waals surface area contributed by atoms with E-state index in [2.05, 4.69) is 26.0 Å². The third kappa shape index (κ3) is 4.81. The molecule has 1 aliphatic heterocycles. The van der Waals surface area contributed by atoms with Gasteiger partial charge in [-0.2, -0.15) is 0 Å². The third-order valence-electron chi connectivity index (χ3n) is 3.59. The van der Waals surface area contributed by atoms with Crippen molar-refractivity contribution in [1.29, 1.82) is 0 Å². The van der Waals surface area contributed by atoms with Gasteiger partial charge in [-0.15, -0.1) is 12.4 Å². The summed E-state index contributed by atoms with van der Waals surface area (Å²) in [7, 11) is -3.60. The van der Waals surface area contributed by atoms with E-state index in [1.54, 1.807) is 12.1 Å². The molecule has 1 heterocycles. The van der Waals surface area contributed by atoms with Crippen LogP contribution in [-0.2, 0) is 10.0 Å². The van der Waals surface area contributed by atoms with Crippen LogP contribution in [-0.4, -0.2) is 27.5 Å². The van der Waals surface area contributed by atoms with E-state index >= 15 is 0 Å². The molecule has 0 amide bonds. The number of halogens is 3. The lowest BCUT2D eigenvalue weighted by molar-refractivity contribution is 0.320. The molecule has 0 aliphatic carbocycles. The zero-order valence-corrected chi connectivity index (χ0v) is 15.6. The molecule has 1 aromatic carbocycles. The van der Waals surface area contributed by atoms with Crippen LogP contribution in [0.25, 0.3) is 0 Å². The fraction of sp³-hybridized carbons (Fsp3) is 0.538. The Balaban J connectivity index is 0.00000220. The van der Waals surface area contributed by atoms with Gasteiger partial charge in [0.2, 0.25) is 10.0 Å².